The van der Waals surface area contributed by atoms with Crippen molar-refractivity contribution in [2.45, 2.75) is 44.6 Å². The minimum atomic E-state index is -0.304. The van der Waals surface area contributed by atoms with E-state index < -0.39 is 0 Å². The SMILES string of the molecule is O=C(NC1CCCCC1)C1CC(=O)N(c2cc(Cl)cc(Cl)c2)C1. The van der Waals surface area contributed by atoms with Gasteiger partial charge in [-0.1, -0.05) is 42.5 Å². The zero-order chi connectivity index (χ0) is 16.4. The number of rotatable bonds is 3. The Morgan fingerprint density at radius 1 is 1.09 bits per heavy atom. The summed E-state index contributed by atoms with van der Waals surface area (Å²) >= 11 is 12.0. The summed E-state index contributed by atoms with van der Waals surface area (Å²) in [6, 6.07) is 5.29. The summed E-state index contributed by atoms with van der Waals surface area (Å²) in [5.74, 6) is -0.379. The second kappa shape index (κ2) is 7.10. The van der Waals surface area contributed by atoms with Crippen LogP contribution in [-0.4, -0.2) is 24.4 Å². The number of halogens is 2. The van der Waals surface area contributed by atoms with E-state index in [1.165, 1.54) is 19.3 Å². The summed E-state index contributed by atoms with van der Waals surface area (Å²) < 4.78 is 0. The monoisotopic (exact) mass is 354 g/mol. The van der Waals surface area contributed by atoms with Crippen LogP contribution in [0, 0.1) is 5.92 Å². The van der Waals surface area contributed by atoms with Gasteiger partial charge in [0.2, 0.25) is 11.8 Å². The molecule has 1 heterocycles. The summed E-state index contributed by atoms with van der Waals surface area (Å²) in [5, 5.41) is 4.07. The van der Waals surface area contributed by atoms with Gasteiger partial charge in [-0.25, -0.2) is 0 Å². The average molecular weight is 355 g/mol. The average Bonchev–Trinajstić information content (AvgIpc) is 2.89. The molecule has 1 aliphatic carbocycles. The predicted molar refractivity (Wildman–Crippen MR) is 91.9 cm³/mol. The molecule has 0 bridgehead atoms. The highest BCUT2D eigenvalue weighted by atomic mass is 35.5. The summed E-state index contributed by atoms with van der Waals surface area (Å²) in [5.41, 5.74) is 0.653. The Kier molecular flexibility index (Phi) is 5.12. The van der Waals surface area contributed by atoms with Crippen molar-refractivity contribution in [1.29, 1.82) is 0 Å². The zero-order valence-electron chi connectivity index (χ0n) is 12.9. The van der Waals surface area contributed by atoms with Gasteiger partial charge in [-0.3, -0.25) is 9.59 Å². The van der Waals surface area contributed by atoms with Crippen LogP contribution < -0.4 is 10.2 Å². The molecule has 0 aromatic heterocycles. The molecule has 2 amide bonds. The smallest absolute Gasteiger partial charge is 0.227 e. The first-order chi connectivity index (χ1) is 11.0. The molecule has 4 nitrogen and oxygen atoms in total. The Balaban J connectivity index is 1.65. The summed E-state index contributed by atoms with van der Waals surface area (Å²) in [7, 11) is 0. The number of carbonyl (C=O) groups excluding carboxylic acids is 2. The first-order valence-electron chi connectivity index (χ1n) is 8.10. The van der Waals surface area contributed by atoms with E-state index in [-0.39, 0.29) is 30.2 Å². The van der Waals surface area contributed by atoms with Crippen molar-refractivity contribution in [1.82, 2.24) is 5.32 Å². The molecule has 0 spiro atoms. The highest BCUT2D eigenvalue weighted by Crippen LogP contribution is 2.30. The third-order valence-electron chi connectivity index (χ3n) is 4.61. The first-order valence-corrected chi connectivity index (χ1v) is 8.85. The van der Waals surface area contributed by atoms with E-state index >= 15 is 0 Å². The highest BCUT2D eigenvalue weighted by molar-refractivity contribution is 6.35. The second-order valence-corrected chi connectivity index (χ2v) is 7.25. The van der Waals surface area contributed by atoms with Gasteiger partial charge in [0, 0.05) is 34.7 Å². The lowest BCUT2D eigenvalue weighted by molar-refractivity contribution is -0.127. The lowest BCUT2D eigenvalue weighted by Gasteiger charge is -2.24. The summed E-state index contributed by atoms with van der Waals surface area (Å²) in [6.45, 7) is 0.383. The van der Waals surface area contributed by atoms with Crippen molar-refractivity contribution in [3.63, 3.8) is 0 Å². The fourth-order valence-electron chi connectivity index (χ4n) is 3.39. The van der Waals surface area contributed by atoms with Crippen LogP contribution in [0.5, 0.6) is 0 Å². The zero-order valence-corrected chi connectivity index (χ0v) is 14.4. The van der Waals surface area contributed by atoms with Crippen LogP contribution >= 0.6 is 23.2 Å². The standard InChI is InChI=1S/C17H20Cl2N2O2/c18-12-7-13(19)9-15(8-12)21-10-11(6-16(21)22)17(23)20-14-4-2-1-3-5-14/h7-9,11,14H,1-6,10H2,(H,20,23). The number of amides is 2. The maximum Gasteiger partial charge on any atom is 0.227 e. The van der Waals surface area contributed by atoms with Crippen LogP contribution in [-0.2, 0) is 9.59 Å². The number of benzene rings is 1. The number of nitrogens with zero attached hydrogens (tertiary/aromatic N) is 1. The van der Waals surface area contributed by atoms with Crippen molar-refractivity contribution in [3.8, 4) is 0 Å². The van der Waals surface area contributed by atoms with Gasteiger partial charge in [0.15, 0.2) is 0 Å². The molecule has 1 unspecified atom stereocenters. The van der Waals surface area contributed by atoms with Gasteiger partial charge >= 0.3 is 0 Å². The fraction of sp³-hybridized carbons (Fsp3) is 0.529. The molecule has 124 valence electrons. The maximum absolute atomic E-state index is 12.4. The molecule has 3 rings (SSSR count). The summed E-state index contributed by atoms with van der Waals surface area (Å²) in [4.78, 5) is 26.3. The molecule has 1 aliphatic heterocycles. The van der Waals surface area contributed by atoms with E-state index in [1.54, 1.807) is 23.1 Å². The number of nitrogens with one attached hydrogen (secondary N) is 1. The van der Waals surface area contributed by atoms with E-state index in [9.17, 15) is 9.59 Å². The van der Waals surface area contributed by atoms with Gasteiger partial charge in [0.1, 0.15) is 0 Å². The normalized spacial score (nSPS) is 22.4. The minimum absolute atomic E-state index is 0.0131. The van der Waals surface area contributed by atoms with Gasteiger partial charge in [0.05, 0.1) is 5.92 Å². The third kappa shape index (κ3) is 3.99. The van der Waals surface area contributed by atoms with Crippen LogP contribution in [0.25, 0.3) is 0 Å². The van der Waals surface area contributed by atoms with E-state index in [4.69, 9.17) is 23.2 Å². The quantitative estimate of drug-likeness (QED) is 0.897. The molecule has 2 aliphatic rings. The first kappa shape index (κ1) is 16.6. The van der Waals surface area contributed by atoms with Crippen LogP contribution in [0.4, 0.5) is 5.69 Å². The Hall–Kier alpha value is -1.26. The predicted octanol–water partition coefficient (Wildman–Crippen LogP) is 3.80. The molecule has 2 fully saturated rings. The molecule has 1 saturated carbocycles. The van der Waals surface area contributed by atoms with Gasteiger partial charge < -0.3 is 10.2 Å². The second-order valence-electron chi connectivity index (χ2n) is 6.38. The molecule has 0 radical (unpaired) electrons. The lowest BCUT2D eigenvalue weighted by atomic mass is 9.95. The van der Waals surface area contributed by atoms with Gasteiger partial charge in [-0.15, -0.1) is 0 Å². The van der Waals surface area contributed by atoms with Gasteiger partial charge in [0.25, 0.3) is 0 Å². The number of anilines is 1. The van der Waals surface area contributed by atoms with Crippen LogP contribution in [0.1, 0.15) is 38.5 Å². The van der Waals surface area contributed by atoms with E-state index in [1.807, 2.05) is 0 Å². The molecule has 1 aromatic carbocycles. The molecule has 23 heavy (non-hydrogen) atoms. The van der Waals surface area contributed by atoms with Crippen molar-refractivity contribution in [2.24, 2.45) is 5.92 Å². The van der Waals surface area contributed by atoms with Gasteiger partial charge in [-0.05, 0) is 31.0 Å². The van der Waals surface area contributed by atoms with Crippen molar-refractivity contribution in [2.75, 3.05) is 11.4 Å². The molecular formula is C17H20Cl2N2O2. The Morgan fingerprint density at radius 3 is 2.39 bits per heavy atom. The van der Waals surface area contributed by atoms with Crippen molar-refractivity contribution >= 4 is 40.7 Å². The lowest BCUT2D eigenvalue weighted by Crippen LogP contribution is -2.40. The molecule has 1 aromatic rings. The Morgan fingerprint density at radius 2 is 1.74 bits per heavy atom. The molecule has 1 N–H and O–H groups in total. The van der Waals surface area contributed by atoms with Crippen molar-refractivity contribution in [3.05, 3.63) is 28.2 Å². The number of hydrogen-bond acceptors (Lipinski definition) is 2. The van der Waals surface area contributed by atoms with E-state index in [0.717, 1.165) is 12.8 Å². The van der Waals surface area contributed by atoms with Crippen LogP contribution in [0.3, 0.4) is 0 Å². The maximum atomic E-state index is 12.4. The topological polar surface area (TPSA) is 49.4 Å². The van der Waals surface area contributed by atoms with Crippen molar-refractivity contribution < 1.29 is 9.59 Å². The third-order valence-corrected chi connectivity index (χ3v) is 5.04. The Bertz CT molecular complexity index is 594. The number of carbonyl (C=O) groups is 2. The largest absolute Gasteiger partial charge is 0.353 e. The van der Waals surface area contributed by atoms with Gasteiger partial charge in [-0.2, -0.15) is 0 Å². The van der Waals surface area contributed by atoms with Crippen LogP contribution in [0.15, 0.2) is 18.2 Å². The fourth-order valence-corrected chi connectivity index (χ4v) is 3.91. The number of hydrogen-bond donors (Lipinski definition) is 1. The molecule has 6 heteroatoms. The highest BCUT2D eigenvalue weighted by Gasteiger charge is 2.36. The van der Waals surface area contributed by atoms with E-state index in [2.05, 4.69) is 5.32 Å². The van der Waals surface area contributed by atoms with Crippen LogP contribution in [0.2, 0.25) is 10.0 Å². The molecular weight excluding hydrogens is 335 g/mol. The molecule has 1 atom stereocenters. The van der Waals surface area contributed by atoms with E-state index in [0.29, 0.717) is 22.3 Å². The minimum Gasteiger partial charge on any atom is -0.353 e. The molecule has 1 saturated heterocycles. The summed E-state index contributed by atoms with van der Waals surface area (Å²) in [6.07, 6.45) is 5.91. The Labute approximate surface area is 146 Å².